The fraction of sp³-hybridized carbons (Fsp3) is 0.222. The van der Waals surface area contributed by atoms with Gasteiger partial charge in [-0.05, 0) is 44.2 Å². The SMILES string of the molecule is Cc1ccc(/C=C/C(=O)OC(C)C(=O)Nc2ccccc2OC(F)F)o1. The van der Waals surface area contributed by atoms with E-state index in [0.29, 0.717) is 11.5 Å². The molecule has 26 heavy (non-hydrogen) atoms. The summed E-state index contributed by atoms with van der Waals surface area (Å²) >= 11 is 0. The molecule has 1 heterocycles. The number of para-hydroxylation sites is 2. The van der Waals surface area contributed by atoms with Crippen LogP contribution in [0.1, 0.15) is 18.4 Å². The molecule has 1 unspecified atom stereocenters. The second-order valence-corrected chi connectivity index (χ2v) is 5.22. The molecule has 0 saturated heterocycles. The Bertz CT molecular complexity index is 800. The number of ether oxygens (including phenoxy) is 2. The van der Waals surface area contributed by atoms with E-state index < -0.39 is 24.6 Å². The van der Waals surface area contributed by atoms with E-state index >= 15 is 0 Å². The zero-order valence-corrected chi connectivity index (χ0v) is 14.1. The van der Waals surface area contributed by atoms with Crippen LogP contribution < -0.4 is 10.1 Å². The third kappa shape index (κ3) is 5.73. The molecule has 6 nitrogen and oxygen atoms in total. The number of rotatable bonds is 7. The number of benzene rings is 1. The fourth-order valence-electron chi connectivity index (χ4n) is 1.96. The van der Waals surface area contributed by atoms with E-state index in [0.717, 1.165) is 6.08 Å². The van der Waals surface area contributed by atoms with E-state index in [4.69, 9.17) is 9.15 Å². The van der Waals surface area contributed by atoms with E-state index in [1.165, 1.54) is 31.2 Å². The molecule has 1 atom stereocenters. The van der Waals surface area contributed by atoms with Crippen LogP contribution in [0.25, 0.3) is 6.08 Å². The topological polar surface area (TPSA) is 77.8 Å². The van der Waals surface area contributed by atoms with Crippen molar-refractivity contribution in [1.29, 1.82) is 0 Å². The first-order valence-corrected chi connectivity index (χ1v) is 7.65. The lowest BCUT2D eigenvalue weighted by Gasteiger charge is -2.15. The molecular formula is C18H17F2NO5. The highest BCUT2D eigenvalue weighted by Gasteiger charge is 2.19. The van der Waals surface area contributed by atoms with Crippen molar-refractivity contribution in [3.63, 3.8) is 0 Å². The van der Waals surface area contributed by atoms with E-state index in [1.807, 2.05) is 0 Å². The van der Waals surface area contributed by atoms with E-state index in [9.17, 15) is 18.4 Å². The first kappa shape index (κ1) is 19.2. The number of amides is 1. The summed E-state index contributed by atoms with van der Waals surface area (Å²) in [5.41, 5.74) is 0.0438. The Morgan fingerprint density at radius 1 is 1.19 bits per heavy atom. The van der Waals surface area contributed by atoms with Crippen LogP contribution in [0.4, 0.5) is 14.5 Å². The molecule has 0 saturated carbocycles. The van der Waals surface area contributed by atoms with Crippen LogP contribution in [0.2, 0.25) is 0 Å². The van der Waals surface area contributed by atoms with Gasteiger partial charge in [0, 0.05) is 6.08 Å². The molecule has 0 aliphatic heterocycles. The summed E-state index contributed by atoms with van der Waals surface area (Å²) in [5.74, 6) is -0.475. The van der Waals surface area contributed by atoms with Crippen molar-refractivity contribution in [2.24, 2.45) is 0 Å². The summed E-state index contributed by atoms with van der Waals surface area (Å²) in [6.45, 7) is 0.0884. The highest BCUT2D eigenvalue weighted by atomic mass is 19.3. The maximum absolute atomic E-state index is 12.4. The van der Waals surface area contributed by atoms with Crippen molar-refractivity contribution < 1.29 is 32.3 Å². The van der Waals surface area contributed by atoms with Crippen molar-refractivity contribution in [3.8, 4) is 5.75 Å². The first-order chi connectivity index (χ1) is 12.3. The Kier molecular flexibility index (Phi) is 6.48. The van der Waals surface area contributed by atoms with Crippen LogP contribution in [0, 0.1) is 6.92 Å². The normalized spacial score (nSPS) is 12.2. The Hall–Kier alpha value is -3.16. The van der Waals surface area contributed by atoms with Gasteiger partial charge in [0.05, 0.1) is 5.69 Å². The Labute approximate surface area is 148 Å². The molecule has 1 amide bonds. The van der Waals surface area contributed by atoms with Gasteiger partial charge >= 0.3 is 12.6 Å². The molecule has 2 rings (SSSR count). The molecule has 0 bridgehead atoms. The minimum atomic E-state index is -3.03. The smallest absolute Gasteiger partial charge is 0.387 e. The predicted octanol–water partition coefficient (Wildman–Crippen LogP) is 3.77. The Morgan fingerprint density at radius 2 is 1.92 bits per heavy atom. The zero-order valence-electron chi connectivity index (χ0n) is 14.1. The minimum Gasteiger partial charge on any atom is -0.462 e. The number of hydrogen-bond acceptors (Lipinski definition) is 5. The molecule has 0 fully saturated rings. The van der Waals surface area contributed by atoms with Crippen LogP contribution in [-0.2, 0) is 14.3 Å². The van der Waals surface area contributed by atoms with E-state index in [-0.39, 0.29) is 11.4 Å². The van der Waals surface area contributed by atoms with Gasteiger partial charge in [0.2, 0.25) is 0 Å². The Morgan fingerprint density at radius 3 is 2.58 bits per heavy atom. The molecule has 8 heteroatoms. The molecule has 0 spiro atoms. The summed E-state index contributed by atoms with van der Waals surface area (Å²) in [6, 6.07) is 9.11. The number of hydrogen-bond donors (Lipinski definition) is 1. The molecule has 0 aliphatic carbocycles. The van der Waals surface area contributed by atoms with Crippen LogP contribution in [-0.4, -0.2) is 24.6 Å². The van der Waals surface area contributed by atoms with E-state index in [2.05, 4.69) is 10.1 Å². The average molecular weight is 365 g/mol. The van der Waals surface area contributed by atoms with Gasteiger partial charge in [0.1, 0.15) is 17.3 Å². The third-order valence-electron chi connectivity index (χ3n) is 3.17. The number of aryl methyl sites for hydroxylation is 1. The lowest BCUT2D eigenvalue weighted by molar-refractivity contribution is -0.148. The number of carbonyl (C=O) groups excluding carboxylic acids is 2. The number of alkyl halides is 2. The maximum Gasteiger partial charge on any atom is 0.387 e. The van der Waals surface area contributed by atoms with Gasteiger partial charge < -0.3 is 19.2 Å². The molecular weight excluding hydrogens is 348 g/mol. The van der Waals surface area contributed by atoms with Crippen LogP contribution in [0.3, 0.4) is 0 Å². The van der Waals surface area contributed by atoms with Gasteiger partial charge in [0.15, 0.2) is 6.10 Å². The van der Waals surface area contributed by atoms with E-state index in [1.54, 1.807) is 25.1 Å². The van der Waals surface area contributed by atoms with Crippen LogP contribution in [0.5, 0.6) is 5.75 Å². The van der Waals surface area contributed by atoms with Crippen molar-refractivity contribution in [3.05, 3.63) is 54.0 Å². The summed E-state index contributed by atoms with van der Waals surface area (Å²) in [7, 11) is 0. The molecule has 0 radical (unpaired) electrons. The number of anilines is 1. The first-order valence-electron chi connectivity index (χ1n) is 7.65. The lowest BCUT2D eigenvalue weighted by atomic mass is 10.2. The summed E-state index contributed by atoms with van der Waals surface area (Å²) in [5, 5.41) is 2.38. The monoisotopic (exact) mass is 365 g/mol. The highest BCUT2D eigenvalue weighted by Crippen LogP contribution is 2.25. The molecule has 138 valence electrons. The largest absolute Gasteiger partial charge is 0.462 e. The minimum absolute atomic E-state index is 0.0438. The van der Waals surface area contributed by atoms with Crippen molar-refractivity contribution in [2.75, 3.05) is 5.32 Å². The third-order valence-corrected chi connectivity index (χ3v) is 3.17. The van der Waals surface area contributed by atoms with Crippen LogP contribution in [0.15, 0.2) is 46.9 Å². The number of esters is 1. The van der Waals surface area contributed by atoms with Gasteiger partial charge in [-0.15, -0.1) is 0 Å². The van der Waals surface area contributed by atoms with Crippen molar-refractivity contribution in [2.45, 2.75) is 26.6 Å². The molecule has 2 aromatic rings. The standard InChI is InChI=1S/C18H17F2NO5/c1-11-7-8-13(24-11)9-10-16(22)25-12(2)17(23)21-14-5-3-4-6-15(14)26-18(19)20/h3-10,12,18H,1-2H3,(H,21,23)/b10-9+. The second kappa shape index (κ2) is 8.80. The van der Waals surface area contributed by atoms with Crippen molar-refractivity contribution in [1.82, 2.24) is 0 Å². The Balaban J connectivity index is 1.93. The fourth-order valence-corrected chi connectivity index (χ4v) is 1.96. The number of carbonyl (C=O) groups is 2. The second-order valence-electron chi connectivity index (χ2n) is 5.22. The number of nitrogens with one attached hydrogen (secondary N) is 1. The lowest BCUT2D eigenvalue weighted by Crippen LogP contribution is -2.29. The zero-order chi connectivity index (χ0) is 19.1. The maximum atomic E-state index is 12.4. The number of furan rings is 1. The van der Waals surface area contributed by atoms with Gasteiger partial charge in [0.25, 0.3) is 5.91 Å². The molecule has 1 aromatic carbocycles. The molecule has 1 aromatic heterocycles. The molecule has 0 aliphatic rings. The predicted molar refractivity (Wildman–Crippen MR) is 89.7 cm³/mol. The van der Waals surface area contributed by atoms with Gasteiger partial charge in [-0.25, -0.2) is 4.79 Å². The highest BCUT2D eigenvalue weighted by molar-refractivity contribution is 5.97. The molecule has 1 N–H and O–H groups in total. The average Bonchev–Trinajstić information content (AvgIpc) is 2.99. The summed E-state index contributed by atoms with van der Waals surface area (Å²) in [6.07, 6.45) is 1.38. The van der Waals surface area contributed by atoms with Crippen LogP contribution >= 0.6 is 0 Å². The van der Waals surface area contributed by atoms with Gasteiger partial charge in [-0.1, -0.05) is 12.1 Å². The summed E-state index contributed by atoms with van der Waals surface area (Å²) in [4.78, 5) is 23.8. The van der Waals surface area contributed by atoms with Crippen molar-refractivity contribution >= 4 is 23.6 Å². The van der Waals surface area contributed by atoms with Gasteiger partial charge in [-0.2, -0.15) is 8.78 Å². The number of halogens is 2. The quantitative estimate of drug-likeness (QED) is 0.597. The summed E-state index contributed by atoms with van der Waals surface area (Å²) < 4.78 is 39.3. The van der Waals surface area contributed by atoms with Gasteiger partial charge in [-0.3, -0.25) is 4.79 Å².